The van der Waals surface area contributed by atoms with E-state index in [1.165, 1.54) is 0 Å². The van der Waals surface area contributed by atoms with Gasteiger partial charge in [0.2, 0.25) is 0 Å². The minimum Gasteiger partial charge on any atom is -0.325 e. The summed E-state index contributed by atoms with van der Waals surface area (Å²) in [6.45, 7) is 1.57. The summed E-state index contributed by atoms with van der Waals surface area (Å²) in [6.07, 6.45) is 0. The molecule has 1 rings (SSSR count). The molecular weight excluding hydrogens is 144 g/mol. The number of urea groups is 1. The van der Waals surface area contributed by atoms with Gasteiger partial charge in [0, 0.05) is 11.8 Å². The highest BCUT2D eigenvalue weighted by Gasteiger charge is 2.33. The Morgan fingerprint density at radius 3 is 2.33 bits per heavy atom. The fraction of sp³-hybridized carbons (Fsp3) is 0.500. The standard InChI is InChI=1S/C4H5ClN2O2/c1-2-3(8)7(5)4(9)6-2/h2H,1H3,(H,6,9). The molecular formula is C4H5ClN2O2. The van der Waals surface area contributed by atoms with E-state index in [1.807, 2.05) is 0 Å². The molecule has 9 heavy (non-hydrogen) atoms. The molecule has 0 bridgehead atoms. The maximum absolute atomic E-state index is 10.6. The molecule has 1 atom stereocenters. The second kappa shape index (κ2) is 1.88. The predicted molar refractivity (Wildman–Crippen MR) is 30.7 cm³/mol. The minimum atomic E-state index is -0.547. The highest BCUT2D eigenvalue weighted by molar-refractivity contribution is 6.32. The van der Waals surface area contributed by atoms with Gasteiger partial charge in [-0.2, -0.15) is 4.42 Å². The topological polar surface area (TPSA) is 49.4 Å². The van der Waals surface area contributed by atoms with Crippen LogP contribution in [0.3, 0.4) is 0 Å². The van der Waals surface area contributed by atoms with Crippen LogP contribution >= 0.6 is 11.8 Å². The van der Waals surface area contributed by atoms with Gasteiger partial charge in [-0.3, -0.25) is 4.79 Å². The molecule has 0 spiro atoms. The number of nitrogens with zero attached hydrogens (tertiary/aromatic N) is 1. The first-order chi connectivity index (χ1) is 4.13. The second-order valence-electron chi connectivity index (χ2n) is 1.79. The number of nitrogens with one attached hydrogen (secondary N) is 1. The number of hydrogen-bond donors (Lipinski definition) is 1. The SMILES string of the molecule is CC1NC(=O)N(Cl)C1=O. The van der Waals surface area contributed by atoms with Crippen LogP contribution in [0, 0.1) is 0 Å². The Balaban J connectivity index is 2.77. The van der Waals surface area contributed by atoms with Crippen molar-refractivity contribution < 1.29 is 9.59 Å². The molecule has 0 aromatic carbocycles. The average Bonchev–Trinajstić information content (AvgIpc) is 1.98. The van der Waals surface area contributed by atoms with Gasteiger partial charge in [0.15, 0.2) is 0 Å². The van der Waals surface area contributed by atoms with Crippen molar-refractivity contribution >= 4 is 23.7 Å². The maximum Gasteiger partial charge on any atom is 0.339 e. The van der Waals surface area contributed by atoms with E-state index in [-0.39, 0.29) is 0 Å². The maximum atomic E-state index is 10.6. The molecule has 1 aliphatic rings. The third kappa shape index (κ3) is 0.853. The molecule has 1 fully saturated rings. The van der Waals surface area contributed by atoms with Gasteiger partial charge in [0.05, 0.1) is 0 Å². The van der Waals surface area contributed by atoms with Gasteiger partial charge in [-0.1, -0.05) is 0 Å². The highest BCUT2D eigenvalue weighted by atomic mass is 35.5. The molecule has 0 aromatic rings. The number of carbonyl (C=O) groups excluding carboxylic acids is 2. The summed E-state index contributed by atoms with van der Waals surface area (Å²) < 4.78 is 0.546. The van der Waals surface area contributed by atoms with Crippen molar-refractivity contribution in [3.8, 4) is 0 Å². The molecule has 1 N–H and O–H groups in total. The number of halogens is 1. The molecule has 0 radical (unpaired) electrons. The number of rotatable bonds is 0. The lowest BCUT2D eigenvalue weighted by atomic mass is 10.4. The van der Waals surface area contributed by atoms with Crippen LogP contribution in [0.4, 0.5) is 4.79 Å². The lowest BCUT2D eigenvalue weighted by Crippen LogP contribution is -2.24. The van der Waals surface area contributed by atoms with Crippen molar-refractivity contribution in [1.29, 1.82) is 0 Å². The van der Waals surface area contributed by atoms with Gasteiger partial charge < -0.3 is 5.32 Å². The summed E-state index contributed by atoms with van der Waals surface area (Å²) in [5, 5.41) is 2.32. The minimum absolute atomic E-state index is 0.401. The Morgan fingerprint density at radius 2 is 2.22 bits per heavy atom. The van der Waals surface area contributed by atoms with Crippen LogP contribution in [0.25, 0.3) is 0 Å². The van der Waals surface area contributed by atoms with E-state index in [2.05, 4.69) is 5.32 Å². The summed E-state index contributed by atoms with van der Waals surface area (Å²) in [5.41, 5.74) is 0. The lowest BCUT2D eigenvalue weighted by molar-refractivity contribution is -0.123. The van der Waals surface area contributed by atoms with Crippen molar-refractivity contribution in [3.05, 3.63) is 0 Å². The monoisotopic (exact) mass is 148 g/mol. The molecule has 0 aromatic heterocycles. The Hall–Kier alpha value is -0.770. The van der Waals surface area contributed by atoms with E-state index in [0.29, 0.717) is 4.42 Å². The Kier molecular flexibility index (Phi) is 1.32. The zero-order valence-corrected chi connectivity index (χ0v) is 5.47. The summed E-state index contributed by atoms with van der Waals surface area (Å²) in [4.78, 5) is 21.1. The van der Waals surface area contributed by atoms with E-state index in [1.54, 1.807) is 6.92 Å². The Labute approximate surface area is 56.9 Å². The van der Waals surface area contributed by atoms with Crippen LogP contribution < -0.4 is 5.32 Å². The van der Waals surface area contributed by atoms with Gasteiger partial charge >= 0.3 is 6.03 Å². The quantitative estimate of drug-likeness (QED) is 0.391. The molecule has 1 aliphatic heterocycles. The van der Waals surface area contributed by atoms with Gasteiger partial charge in [-0.25, -0.2) is 4.79 Å². The highest BCUT2D eigenvalue weighted by Crippen LogP contribution is 2.07. The van der Waals surface area contributed by atoms with Crippen LogP contribution in [-0.2, 0) is 4.79 Å². The average molecular weight is 149 g/mol. The first-order valence-corrected chi connectivity index (χ1v) is 2.77. The molecule has 1 heterocycles. The molecule has 0 aliphatic carbocycles. The van der Waals surface area contributed by atoms with Crippen molar-refractivity contribution in [2.75, 3.05) is 0 Å². The molecule has 5 heteroatoms. The van der Waals surface area contributed by atoms with Crippen LogP contribution in [0.15, 0.2) is 0 Å². The third-order valence-electron chi connectivity index (χ3n) is 1.08. The van der Waals surface area contributed by atoms with Crippen LogP contribution in [0.1, 0.15) is 6.92 Å². The van der Waals surface area contributed by atoms with Crippen molar-refractivity contribution in [3.63, 3.8) is 0 Å². The van der Waals surface area contributed by atoms with E-state index in [9.17, 15) is 9.59 Å². The number of carbonyl (C=O) groups is 2. The van der Waals surface area contributed by atoms with Crippen molar-refractivity contribution in [2.24, 2.45) is 0 Å². The van der Waals surface area contributed by atoms with Gasteiger partial charge in [-0.15, -0.1) is 0 Å². The van der Waals surface area contributed by atoms with Crippen LogP contribution in [0.5, 0.6) is 0 Å². The molecule has 1 unspecified atom stereocenters. The fourth-order valence-corrected chi connectivity index (χ4v) is 0.769. The number of amides is 3. The molecule has 1 saturated heterocycles. The first kappa shape index (κ1) is 6.35. The fourth-order valence-electron chi connectivity index (χ4n) is 0.574. The second-order valence-corrected chi connectivity index (χ2v) is 2.13. The third-order valence-corrected chi connectivity index (χ3v) is 1.40. The zero-order valence-electron chi connectivity index (χ0n) is 4.72. The lowest BCUT2D eigenvalue weighted by Gasteiger charge is -1.95. The number of hydrogen-bond acceptors (Lipinski definition) is 2. The van der Waals surface area contributed by atoms with Gasteiger partial charge in [-0.05, 0) is 6.92 Å². The summed E-state index contributed by atoms with van der Waals surface area (Å²) in [7, 11) is 0. The molecule has 3 amide bonds. The summed E-state index contributed by atoms with van der Waals surface area (Å²) >= 11 is 5.18. The van der Waals surface area contributed by atoms with E-state index in [4.69, 9.17) is 11.8 Å². The van der Waals surface area contributed by atoms with Crippen LogP contribution in [0.2, 0.25) is 0 Å². The number of imide groups is 1. The predicted octanol–water partition coefficient (Wildman–Crippen LogP) is 0.0805. The van der Waals surface area contributed by atoms with E-state index in [0.717, 1.165) is 0 Å². The smallest absolute Gasteiger partial charge is 0.325 e. The van der Waals surface area contributed by atoms with Gasteiger partial charge in [0.25, 0.3) is 5.91 Å². The largest absolute Gasteiger partial charge is 0.339 e. The molecule has 0 saturated carbocycles. The van der Waals surface area contributed by atoms with E-state index >= 15 is 0 Å². The van der Waals surface area contributed by atoms with Crippen molar-refractivity contribution in [1.82, 2.24) is 9.74 Å². The van der Waals surface area contributed by atoms with Gasteiger partial charge in [0.1, 0.15) is 6.04 Å². The normalized spacial score (nSPS) is 26.9. The molecule has 50 valence electrons. The van der Waals surface area contributed by atoms with Crippen molar-refractivity contribution in [2.45, 2.75) is 13.0 Å². The Morgan fingerprint density at radius 1 is 1.67 bits per heavy atom. The first-order valence-electron chi connectivity index (χ1n) is 2.43. The summed E-state index contributed by atoms with van der Waals surface area (Å²) in [5.74, 6) is -0.401. The Bertz CT molecular complexity index is 170. The van der Waals surface area contributed by atoms with E-state index < -0.39 is 18.0 Å². The molecule has 4 nitrogen and oxygen atoms in total. The summed E-state index contributed by atoms with van der Waals surface area (Å²) in [6, 6.07) is -1.02. The zero-order chi connectivity index (χ0) is 7.02. The van der Waals surface area contributed by atoms with Crippen LogP contribution in [-0.4, -0.2) is 22.4 Å².